The van der Waals surface area contributed by atoms with Gasteiger partial charge in [-0.3, -0.25) is 4.90 Å². The number of hydrogen-bond donors (Lipinski definition) is 1. The highest BCUT2D eigenvalue weighted by molar-refractivity contribution is 6.30. The molecule has 2 N–H and O–H groups in total. The fraction of sp³-hybridized carbons (Fsp3) is 0.647. The Morgan fingerprint density at radius 2 is 1.67 bits per heavy atom. The van der Waals surface area contributed by atoms with Gasteiger partial charge in [0.15, 0.2) is 0 Å². The van der Waals surface area contributed by atoms with Gasteiger partial charge in [-0.15, -0.1) is 0 Å². The normalized spacial score (nSPS) is 16.4. The van der Waals surface area contributed by atoms with Crippen molar-refractivity contribution in [3.05, 3.63) is 29.3 Å². The summed E-state index contributed by atoms with van der Waals surface area (Å²) in [5.74, 6) is 0. The van der Waals surface area contributed by atoms with Crippen LogP contribution in [0.15, 0.2) is 24.3 Å². The SMILES string of the molecule is NCCCCCCCN1CCN(c2cccc(Cl)c2)CC1. The summed E-state index contributed by atoms with van der Waals surface area (Å²) in [6.45, 7) is 6.61. The molecule has 0 aromatic heterocycles. The molecule has 1 saturated heterocycles. The van der Waals surface area contributed by atoms with Crippen LogP contribution in [0.2, 0.25) is 5.02 Å². The second-order valence-electron chi connectivity index (χ2n) is 5.87. The average molecular weight is 310 g/mol. The molecule has 1 aromatic carbocycles. The lowest BCUT2D eigenvalue weighted by Gasteiger charge is -2.36. The standard InChI is InChI=1S/C17H28ClN3/c18-16-7-6-8-17(15-16)21-13-11-20(12-14-21)10-5-3-1-2-4-9-19/h6-8,15H,1-5,9-14,19H2. The van der Waals surface area contributed by atoms with Crippen molar-refractivity contribution in [2.75, 3.05) is 44.2 Å². The van der Waals surface area contributed by atoms with E-state index >= 15 is 0 Å². The number of rotatable bonds is 8. The molecule has 2 rings (SSSR count). The summed E-state index contributed by atoms with van der Waals surface area (Å²) in [6.07, 6.45) is 6.47. The smallest absolute Gasteiger partial charge is 0.0426 e. The monoisotopic (exact) mass is 309 g/mol. The molecule has 21 heavy (non-hydrogen) atoms. The Balaban J connectivity index is 1.62. The van der Waals surface area contributed by atoms with Crippen molar-refractivity contribution in [1.82, 2.24) is 4.90 Å². The van der Waals surface area contributed by atoms with Gasteiger partial charge in [0.2, 0.25) is 0 Å². The van der Waals surface area contributed by atoms with E-state index in [2.05, 4.69) is 21.9 Å². The molecule has 0 aliphatic carbocycles. The number of hydrogen-bond acceptors (Lipinski definition) is 3. The fourth-order valence-electron chi connectivity index (χ4n) is 2.91. The molecule has 0 atom stereocenters. The van der Waals surface area contributed by atoms with E-state index < -0.39 is 0 Å². The molecule has 4 heteroatoms. The van der Waals surface area contributed by atoms with Gasteiger partial charge in [0.05, 0.1) is 0 Å². The van der Waals surface area contributed by atoms with Crippen molar-refractivity contribution < 1.29 is 0 Å². The van der Waals surface area contributed by atoms with Crippen LogP contribution in [-0.2, 0) is 0 Å². The molecular formula is C17H28ClN3. The molecule has 0 bridgehead atoms. The summed E-state index contributed by atoms with van der Waals surface area (Å²) in [5.41, 5.74) is 6.76. The zero-order valence-electron chi connectivity index (χ0n) is 12.9. The molecule has 0 saturated carbocycles. The minimum Gasteiger partial charge on any atom is -0.369 e. The largest absolute Gasteiger partial charge is 0.369 e. The predicted molar refractivity (Wildman–Crippen MR) is 92.2 cm³/mol. The van der Waals surface area contributed by atoms with Crippen molar-refractivity contribution in [3.63, 3.8) is 0 Å². The first-order valence-electron chi connectivity index (χ1n) is 8.22. The molecule has 0 radical (unpaired) electrons. The molecular weight excluding hydrogens is 282 g/mol. The first kappa shape index (κ1) is 16.6. The number of anilines is 1. The minimum absolute atomic E-state index is 0.826. The molecule has 0 unspecified atom stereocenters. The van der Waals surface area contributed by atoms with Crippen LogP contribution < -0.4 is 10.6 Å². The van der Waals surface area contributed by atoms with E-state index in [-0.39, 0.29) is 0 Å². The number of piperazine rings is 1. The van der Waals surface area contributed by atoms with Gasteiger partial charge in [-0.1, -0.05) is 36.9 Å². The van der Waals surface area contributed by atoms with Crippen LogP contribution in [-0.4, -0.2) is 44.2 Å². The molecule has 1 heterocycles. The Morgan fingerprint density at radius 3 is 2.38 bits per heavy atom. The Hall–Kier alpha value is -0.770. The molecule has 0 amide bonds. The summed E-state index contributed by atoms with van der Waals surface area (Å²) >= 11 is 6.07. The van der Waals surface area contributed by atoms with Crippen LogP contribution in [0.5, 0.6) is 0 Å². The fourth-order valence-corrected chi connectivity index (χ4v) is 3.10. The number of benzene rings is 1. The highest BCUT2D eigenvalue weighted by atomic mass is 35.5. The van der Waals surface area contributed by atoms with Gasteiger partial charge in [0.25, 0.3) is 0 Å². The minimum atomic E-state index is 0.826. The summed E-state index contributed by atoms with van der Waals surface area (Å²) in [6, 6.07) is 8.19. The third-order valence-electron chi connectivity index (χ3n) is 4.22. The zero-order chi connectivity index (χ0) is 14.9. The Labute approximate surface area is 134 Å². The van der Waals surface area contributed by atoms with E-state index in [1.165, 1.54) is 44.3 Å². The van der Waals surface area contributed by atoms with Crippen LogP contribution in [0.25, 0.3) is 0 Å². The van der Waals surface area contributed by atoms with E-state index in [0.717, 1.165) is 37.7 Å². The van der Waals surface area contributed by atoms with Gasteiger partial charge >= 0.3 is 0 Å². The zero-order valence-corrected chi connectivity index (χ0v) is 13.7. The Morgan fingerprint density at radius 1 is 0.952 bits per heavy atom. The van der Waals surface area contributed by atoms with Crippen LogP contribution >= 0.6 is 11.6 Å². The lowest BCUT2D eigenvalue weighted by atomic mass is 10.1. The summed E-state index contributed by atoms with van der Waals surface area (Å²) in [5, 5.41) is 0.826. The van der Waals surface area contributed by atoms with Crippen molar-refractivity contribution in [2.45, 2.75) is 32.1 Å². The van der Waals surface area contributed by atoms with Crippen molar-refractivity contribution in [2.24, 2.45) is 5.73 Å². The van der Waals surface area contributed by atoms with E-state index in [0.29, 0.717) is 0 Å². The van der Waals surface area contributed by atoms with Gasteiger partial charge in [0, 0.05) is 36.9 Å². The lowest BCUT2D eigenvalue weighted by molar-refractivity contribution is 0.252. The van der Waals surface area contributed by atoms with Gasteiger partial charge in [-0.2, -0.15) is 0 Å². The molecule has 1 aromatic rings. The Bertz CT molecular complexity index is 403. The van der Waals surface area contributed by atoms with Crippen molar-refractivity contribution in [3.8, 4) is 0 Å². The lowest BCUT2D eigenvalue weighted by Crippen LogP contribution is -2.46. The molecule has 1 fully saturated rings. The average Bonchev–Trinajstić information content (AvgIpc) is 2.51. The van der Waals surface area contributed by atoms with Gasteiger partial charge in [0.1, 0.15) is 0 Å². The second-order valence-corrected chi connectivity index (χ2v) is 6.30. The summed E-state index contributed by atoms with van der Waals surface area (Å²) < 4.78 is 0. The molecule has 118 valence electrons. The van der Waals surface area contributed by atoms with Crippen LogP contribution in [0.1, 0.15) is 32.1 Å². The molecule has 0 spiro atoms. The summed E-state index contributed by atoms with van der Waals surface area (Å²) in [7, 11) is 0. The van der Waals surface area contributed by atoms with E-state index in [1.54, 1.807) is 0 Å². The van der Waals surface area contributed by atoms with E-state index in [1.807, 2.05) is 12.1 Å². The quantitative estimate of drug-likeness (QED) is 0.747. The highest BCUT2D eigenvalue weighted by Crippen LogP contribution is 2.20. The van der Waals surface area contributed by atoms with Crippen LogP contribution in [0.4, 0.5) is 5.69 Å². The predicted octanol–water partition coefficient (Wildman–Crippen LogP) is 3.37. The molecule has 1 aliphatic rings. The summed E-state index contributed by atoms with van der Waals surface area (Å²) in [4.78, 5) is 5.02. The van der Waals surface area contributed by atoms with Gasteiger partial charge < -0.3 is 10.6 Å². The molecule has 3 nitrogen and oxygen atoms in total. The van der Waals surface area contributed by atoms with Gasteiger partial charge in [-0.05, 0) is 44.1 Å². The Kier molecular flexibility index (Phi) is 7.34. The maximum absolute atomic E-state index is 6.07. The first-order chi connectivity index (χ1) is 10.3. The molecule has 1 aliphatic heterocycles. The second kappa shape index (κ2) is 9.29. The number of nitrogens with zero attached hydrogens (tertiary/aromatic N) is 2. The van der Waals surface area contributed by atoms with Gasteiger partial charge in [-0.25, -0.2) is 0 Å². The third-order valence-corrected chi connectivity index (χ3v) is 4.46. The highest BCUT2D eigenvalue weighted by Gasteiger charge is 2.16. The van der Waals surface area contributed by atoms with Crippen molar-refractivity contribution in [1.29, 1.82) is 0 Å². The third kappa shape index (κ3) is 5.85. The number of unbranched alkanes of at least 4 members (excludes halogenated alkanes) is 4. The van der Waals surface area contributed by atoms with Crippen LogP contribution in [0.3, 0.4) is 0 Å². The first-order valence-corrected chi connectivity index (χ1v) is 8.60. The maximum atomic E-state index is 6.07. The topological polar surface area (TPSA) is 32.5 Å². The van der Waals surface area contributed by atoms with Crippen molar-refractivity contribution >= 4 is 17.3 Å². The van der Waals surface area contributed by atoms with E-state index in [9.17, 15) is 0 Å². The number of nitrogens with two attached hydrogens (primary N) is 1. The van der Waals surface area contributed by atoms with E-state index in [4.69, 9.17) is 17.3 Å². The van der Waals surface area contributed by atoms with Crippen LogP contribution in [0, 0.1) is 0 Å². The number of halogens is 1. The maximum Gasteiger partial charge on any atom is 0.0426 e.